The molecule has 0 saturated heterocycles. The molecular formula is C15H15NO2. The molecule has 0 atom stereocenters. The fourth-order valence-electron chi connectivity index (χ4n) is 2.33. The summed E-state index contributed by atoms with van der Waals surface area (Å²) in [4.78, 5) is 12.3. The molecule has 3 nitrogen and oxygen atoms in total. The molecule has 92 valence electrons. The number of hydrogen-bond acceptors (Lipinski definition) is 2. The van der Waals surface area contributed by atoms with Crippen LogP contribution >= 0.6 is 0 Å². The maximum absolute atomic E-state index is 12.3. The minimum atomic E-state index is -0.373. The molecule has 18 heavy (non-hydrogen) atoms. The van der Waals surface area contributed by atoms with E-state index >= 15 is 0 Å². The van der Waals surface area contributed by atoms with E-state index in [2.05, 4.69) is 0 Å². The summed E-state index contributed by atoms with van der Waals surface area (Å²) in [6.45, 7) is 3.97. The van der Waals surface area contributed by atoms with Gasteiger partial charge < -0.3 is 9.30 Å². The number of aryl methyl sites for hydroxylation is 1. The van der Waals surface area contributed by atoms with Gasteiger partial charge in [-0.2, -0.15) is 0 Å². The van der Waals surface area contributed by atoms with Crippen LogP contribution in [0.2, 0.25) is 0 Å². The molecule has 0 aliphatic carbocycles. The molecule has 3 heteroatoms. The van der Waals surface area contributed by atoms with Crippen molar-refractivity contribution in [2.45, 2.75) is 19.4 Å². The number of pyridine rings is 1. The molecule has 1 aromatic carbocycles. The second kappa shape index (κ2) is 3.48. The highest BCUT2D eigenvalue weighted by Gasteiger charge is 2.25. The molecule has 0 saturated carbocycles. The molecule has 0 fully saturated rings. The molecule has 1 aliphatic rings. The first kappa shape index (κ1) is 11.1. The van der Waals surface area contributed by atoms with Crippen LogP contribution in [0.3, 0.4) is 0 Å². The standard InChI is InChI=1S/C15H15NO2/c1-15(2)9-8-11-13(18-15)10-6-4-5-7-12(10)16(3)14(11)17/h4-9H,1-3H3. The highest BCUT2D eigenvalue weighted by atomic mass is 16.5. The number of para-hydroxylation sites is 1. The zero-order valence-corrected chi connectivity index (χ0v) is 10.7. The van der Waals surface area contributed by atoms with Gasteiger partial charge in [-0.05, 0) is 38.1 Å². The van der Waals surface area contributed by atoms with Gasteiger partial charge in [0, 0.05) is 12.4 Å². The molecule has 0 unspecified atom stereocenters. The average molecular weight is 241 g/mol. The highest BCUT2D eigenvalue weighted by Crippen LogP contribution is 2.34. The summed E-state index contributed by atoms with van der Waals surface area (Å²) < 4.78 is 7.64. The predicted molar refractivity (Wildman–Crippen MR) is 72.9 cm³/mol. The number of nitrogens with zero attached hydrogens (tertiary/aromatic N) is 1. The van der Waals surface area contributed by atoms with Crippen LogP contribution in [0.15, 0.2) is 35.1 Å². The zero-order chi connectivity index (χ0) is 12.9. The van der Waals surface area contributed by atoms with Crippen molar-refractivity contribution in [3.8, 4) is 5.75 Å². The number of aromatic nitrogens is 1. The lowest BCUT2D eigenvalue weighted by Crippen LogP contribution is -2.31. The molecule has 2 heterocycles. The van der Waals surface area contributed by atoms with Crippen LogP contribution in [-0.4, -0.2) is 10.2 Å². The molecule has 2 aromatic rings. The van der Waals surface area contributed by atoms with Gasteiger partial charge in [-0.15, -0.1) is 0 Å². The highest BCUT2D eigenvalue weighted by molar-refractivity contribution is 5.89. The molecule has 0 radical (unpaired) electrons. The normalized spacial score (nSPS) is 16.4. The van der Waals surface area contributed by atoms with Crippen molar-refractivity contribution in [2.24, 2.45) is 7.05 Å². The Morgan fingerprint density at radius 3 is 2.72 bits per heavy atom. The molecule has 0 amide bonds. The van der Waals surface area contributed by atoms with Crippen molar-refractivity contribution in [1.29, 1.82) is 0 Å². The van der Waals surface area contributed by atoms with Gasteiger partial charge in [0.25, 0.3) is 5.56 Å². The fraction of sp³-hybridized carbons (Fsp3) is 0.267. The number of hydrogen-bond donors (Lipinski definition) is 0. The van der Waals surface area contributed by atoms with Crippen molar-refractivity contribution in [3.05, 3.63) is 46.3 Å². The van der Waals surface area contributed by atoms with Crippen molar-refractivity contribution < 1.29 is 4.74 Å². The minimum absolute atomic E-state index is 0.0181. The van der Waals surface area contributed by atoms with E-state index in [1.54, 1.807) is 11.6 Å². The fourth-order valence-corrected chi connectivity index (χ4v) is 2.33. The third-order valence-electron chi connectivity index (χ3n) is 3.31. The van der Waals surface area contributed by atoms with E-state index < -0.39 is 0 Å². The Balaban J connectivity index is 2.47. The SMILES string of the molecule is Cn1c(=O)c2c(c3ccccc31)OC(C)(C)C=C2. The van der Waals surface area contributed by atoms with Crippen LogP contribution < -0.4 is 10.3 Å². The summed E-state index contributed by atoms with van der Waals surface area (Å²) in [6, 6.07) is 7.81. The van der Waals surface area contributed by atoms with Crippen LogP contribution in [0.5, 0.6) is 5.75 Å². The second-order valence-electron chi connectivity index (χ2n) is 5.16. The van der Waals surface area contributed by atoms with Gasteiger partial charge in [0.15, 0.2) is 0 Å². The van der Waals surface area contributed by atoms with E-state index in [0.29, 0.717) is 11.3 Å². The Morgan fingerprint density at radius 1 is 1.22 bits per heavy atom. The molecule has 1 aliphatic heterocycles. The first-order valence-corrected chi connectivity index (χ1v) is 5.99. The number of fused-ring (bicyclic) bond motifs is 3. The van der Waals surface area contributed by atoms with Crippen LogP contribution in [0.1, 0.15) is 19.4 Å². The first-order valence-electron chi connectivity index (χ1n) is 5.99. The second-order valence-corrected chi connectivity index (χ2v) is 5.16. The van der Waals surface area contributed by atoms with E-state index in [-0.39, 0.29) is 11.2 Å². The summed E-state index contributed by atoms with van der Waals surface area (Å²) in [5.74, 6) is 0.696. The van der Waals surface area contributed by atoms with E-state index in [1.807, 2.05) is 50.3 Å². The molecule has 0 spiro atoms. The molecule has 0 N–H and O–H groups in total. The van der Waals surface area contributed by atoms with Crippen LogP contribution in [0, 0.1) is 0 Å². The largest absolute Gasteiger partial charge is 0.482 e. The van der Waals surface area contributed by atoms with Gasteiger partial charge in [0.2, 0.25) is 0 Å². The average Bonchev–Trinajstić information content (AvgIpc) is 2.35. The minimum Gasteiger partial charge on any atom is -0.482 e. The van der Waals surface area contributed by atoms with Gasteiger partial charge in [-0.3, -0.25) is 4.79 Å². The predicted octanol–water partition coefficient (Wildman–Crippen LogP) is 2.72. The lowest BCUT2D eigenvalue weighted by atomic mass is 10.0. The number of benzene rings is 1. The third kappa shape index (κ3) is 1.47. The molecular weight excluding hydrogens is 226 g/mol. The Hall–Kier alpha value is -2.03. The van der Waals surface area contributed by atoms with Crippen LogP contribution in [-0.2, 0) is 7.05 Å². The monoisotopic (exact) mass is 241 g/mol. The number of rotatable bonds is 0. The summed E-state index contributed by atoms with van der Waals surface area (Å²) in [6.07, 6.45) is 3.79. The lowest BCUT2D eigenvalue weighted by molar-refractivity contribution is 0.161. The van der Waals surface area contributed by atoms with E-state index in [0.717, 1.165) is 10.9 Å². The Bertz CT molecular complexity index is 723. The third-order valence-corrected chi connectivity index (χ3v) is 3.31. The Kier molecular flexibility index (Phi) is 2.14. The smallest absolute Gasteiger partial charge is 0.261 e. The molecule has 0 bridgehead atoms. The van der Waals surface area contributed by atoms with Crippen molar-refractivity contribution in [3.63, 3.8) is 0 Å². The van der Waals surface area contributed by atoms with Gasteiger partial charge >= 0.3 is 0 Å². The summed E-state index contributed by atoms with van der Waals surface area (Å²) in [5.41, 5.74) is 1.14. The molecule has 1 aromatic heterocycles. The maximum Gasteiger partial charge on any atom is 0.261 e. The van der Waals surface area contributed by atoms with Crippen molar-refractivity contribution in [2.75, 3.05) is 0 Å². The maximum atomic E-state index is 12.3. The van der Waals surface area contributed by atoms with Crippen molar-refractivity contribution >= 4 is 17.0 Å². The van der Waals surface area contributed by atoms with E-state index in [1.165, 1.54) is 0 Å². The lowest BCUT2D eigenvalue weighted by Gasteiger charge is -2.28. The van der Waals surface area contributed by atoms with Gasteiger partial charge in [0.1, 0.15) is 11.4 Å². The van der Waals surface area contributed by atoms with Gasteiger partial charge in [0.05, 0.1) is 11.1 Å². The first-order chi connectivity index (χ1) is 8.49. The van der Waals surface area contributed by atoms with Gasteiger partial charge in [-0.1, -0.05) is 12.1 Å². The Morgan fingerprint density at radius 2 is 1.94 bits per heavy atom. The quantitative estimate of drug-likeness (QED) is 0.710. The Labute approximate surface area is 105 Å². The van der Waals surface area contributed by atoms with Crippen LogP contribution in [0.4, 0.5) is 0 Å². The topological polar surface area (TPSA) is 31.2 Å². The van der Waals surface area contributed by atoms with E-state index in [4.69, 9.17) is 4.74 Å². The van der Waals surface area contributed by atoms with Crippen molar-refractivity contribution in [1.82, 2.24) is 4.57 Å². The summed E-state index contributed by atoms with van der Waals surface area (Å²) >= 11 is 0. The summed E-state index contributed by atoms with van der Waals surface area (Å²) in [5, 5.41) is 0.979. The van der Waals surface area contributed by atoms with Gasteiger partial charge in [-0.25, -0.2) is 0 Å². The summed E-state index contributed by atoms with van der Waals surface area (Å²) in [7, 11) is 1.79. The number of ether oxygens (including phenoxy) is 1. The zero-order valence-electron chi connectivity index (χ0n) is 10.7. The van der Waals surface area contributed by atoms with Crippen LogP contribution in [0.25, 0.3) is 17.0 Å². The molecule has 3 rings (SSSR count). The van der Waals surface area contributed by atoms with E-state index in [9.17, 15) is 4.79 Å².